The second kappa shape index (κ2) is 6.37. The van der Waals surface area contributed by atoms with Gasteiger partial charge in [0, 0.05) is 33.1 Å². The molecule has 2 unspecified atom stereocenters. The Kier molecular flexibility index (Phi) is 4.80. The van der Waals surface area contributed by atoms with Crippen LogP contribution in [-0.2, 0) is 9.59 Å². The molecule has 0 bridgehead atoms. The smallest absolute Gasteiger partial charge is 0.244 e. The summed E-state index contributed by atoms with van der Waals surface area (Å²) in [4.78, 5) is 27.7. The third-order valence-electron chi connectivity index (χ3n) is 4.17. The quantitative estimate of drug-likeness (QED) is 0.811. The van der Waals surface area contributed by atoms with E-state index in [0.717, 1.165) is 32.4 Å². The van der Waals surface area contributed by atoms with Gasteiger partial charge in [0.15, 0.2) is 0 Å². The Morgan fingerprint density at radius 3 is 2.68 bits per heavy atom. The first kappa shape index (κ1) is 14.3. The third-order valence-corrected chi connectivity index (χ3v) is 4.17. The Bertz CT molecular complexity index is 338. The molecule has 0 aromatic carbocycles. The fraction of sp³-hybridized carbons (Fsp3) is 0.857. The summed E-state index contributed by atoms with van der Waals surface area (Å²) in [5.41, 5.74) is 0. The van der Waals surface area contributed by atoms with E-state index in [1.54, 1.807) is 23.9 Å². The molecular weight excluding hydrogens is 242 g/mol. The van der Waals surface area contributed by atoms with Crippen LogP contribution in [0.5, 0.6) is 0 Å². The van der Waals surface area contributed by atoms with Gasteiger partial charge in [-0.25, -0.2) is 0 Å². The largest absolute Gasteiger partial charge is 0.347 e. The molecule has 2 aliphatic rings. The zero-order valence-corrected chi connectivity index (χ0v) is 12.0. The second-order valence-electron chi connectivity index (χ2n) is 5.81. The molecule has 5 heteroatoms. The molecular formula is C14H25N3O2. The van der Waals surface area contributed by atoms with Crippen molar-refractivity contribution in [1.29, 1.82) is 0 Å². The molecule has 2 saturated heterocycles. The molecule has 19 heavy (non-hydrogen) atoms. The maximum Gasteiger partial charge on any atom is 0.244 e. The number of hydrogen-bond donors (Lipinski definition) is 1. The molecule has 0 spiro atoms. The summed E-state index contributed by atoms with van der Waals surface area (Å²) in [5, 5.41) is 3.41. The van der Waals surface area contributed by atoms with Gasteiger partial charge in [-0.1, -0.05) is 0 Å². The Balaban J connectivity index is 1.84. The fourth-order valence-corrected chi connectivity index (χ4v) is 3.06. The summed E-state index contributed by atoms with van der Waals surface area (Å²) in [6.45, 7) is 1.81. The first-order chi connectivity index (χ1) is 9.09. The third kappa shape index (κ3) is 3.47. The predicted molar refractivity (Wildman–Crippen MR) is 73.7 cm³/mol. The average molecular weight is 267 g/mol. The van der Waals surface area contributed by atoms with Gasteiger partial charge in [-0.3, -0.25) is 9.59 Å². The van der Waals surface area contributed by atoms with Gasteiger partial charge in [-0.15, -0.1) is 0 Å². The number of nitrogens with zero attached hydrogens (tertiary/aromatic N) is 2. The van der Waals surface area contributed by atoms with Gasteiger partial charge < -0.3 is 15.1 Å². The highest BCUT2D eigenvalue weighted by atomic mass is 16.2. The number of amides is 2. The first-order valence-electron chi connectivity index (χ1n) is 7.33. The molecule has 1 N–H and O–H groups in total. The molecule has 0 aromatic heterocycles. The van der Waals surface area contributed by atoms with E-state index in [1.165, 1.54) is 12.8 Å². The monoisotopic (exact) mass is 267 g/mol. The molecule has 2 rings (SSSR count). The maximum absolute atomic E-state index is 12.3. The molecule has 0 aromatic rings. The van der Waals surface area contributed by atoms with E-state index in [0.29, 0.717) is 12.5 Å². The van der Waals surface area contributed by atoms with Crippen molar-refractivity contribution in [3.8, 4) is 0 Å². The molecule has 0 radical (unpaired) electrons. The minimum absolute atomic E-state index is 0.0600. The number of carbonyl (C=O) groups is 2. The fourth-order valence-electron chi connectivity index (χ4n) is 3.06. The number of likely N-dealkylation sites (tertiary alicyclic amines) is 1. The van der Waals surface area contributed by atoms with Crippen LogP contribution in [0, 0.1) is 0 Å². The van der Waals surface area contributed by atoms with Gasteiger partial charge in [-0.05, 0) is 38.6 Å². The van der Waals surface area contributed by atoms with Crippen LogP contribution in [0.15, 0.2) is 0 Å². The van der Waals surface area contributed by atoms with Crippen molar-refractivity contribution in [3.63, 3.8) is 0 Å². The van der Waals surface area contributed by atoms with Crippen molar-refractivity contribution >= 4 is 11.8 Å². The highest BCUT2D eigenvalue weighted by Crippen LogP contribution is 2.21. The summed E-state index contributed by atoms with van der Waals surface area (Å²) in [6, 6.07) is 0.272. The van der Waals surface area contributed by atoms with Gasteiger partial charge in [-0.2, -0.15) is 0 Å². The second-order valence-corrected chi connectivity index (χ2v) is 5.81. The Labute approximate surface area is 115 Å². The zero-order valence-electron chi connectivity index (χ0n) is 12.0. The maximum atomic E-state index is 12.3. The van der Waals surface area contributed by atoms with Crippen LogP contribution in [0.4, 0.5) is 0 Å². The van der Waals surface area contributed by atoms with E-state index in [1.807, 2.05) is 0 Å². The lowest BCUT2D eigenvalue weighted by Gasteiger charge is -2.26. The molecule has 2 amide bonds. The molecule has 5 nitrogen and oxygen atoms in total. The number of likely N-dealkylation sites (N-methyl/N-ethyl adjacent to an activating group) is 1. The van der Waals surface area contributed by atoms with E-state index in [9.17, 15) is 9.59 Å². The van der Waals surface area contributed by atoms with Crippen molar-refractivity contribution < 1.29 is 9.59 Å². The summed E-state index contributed by atoms with van der Waals surface area (Å²) >= 11 is 0. The number of hydrogen-bond acceptors (Lipinski definition) is 3. The van der Waals surface area contributed by atoms with Crippen molar-refractivity contribution in [2.24, 2.45) is 0 Å². The van der Waals surface area contributed by atoms with Crippen LogP contribution in [0.3, 0.4) is 0 Å². The molecule has 2 atom stereocenters. The molecule has 108 valence electrons. The Morgan fingerprint density at radius 1 is 1.26 bits per heavy atom. The summed E-state index contributed by atoms with van der Waals surface area (Å²) in [6.07, 6.45) is 5.60. The highest BCUT2D eigenvalue weighted by Gasteiger charge is 2.34. The van der Waals surface area contributed by atoms with E-state index in [-0.39, 0.29) is 17.9 Å². The number of nitrogens with one attached hydrogen (secondary N) is 1. The van der Waals surface area contributed by atoms with Crippen molar-refractivity contribution in [2.75, 3.05) is 27.2 Å². The standard InChI is InChI=1S/C14H25N3O2/c1-16(2)14(19)12-6-4-10-17(12)13(18)8-7-11-5-3-9-15-11/h11-12,15H,3-10H2,1-2H3. The van der Waals surface area contributed by atoms with E-state index in [4.69, 9.17) is 0 Å². The average Bonchev–Trinajstić information content (AvgIpc) is 3.05. The predicted octanol–water partition coefficient (Wildman–Crippen LogP) is 0.598. The lowest BCUT2D eigenvalue weighted by atomic mass is 10.1. The zero-order chi connectivity index (χ0) is 13.8. The lowest BCUT2D eigenvalue weighted by Crippen LogP contribution is -2.45. The van der Waals surface area contributed by atoms with Crippen molar-refractivity contribution in [1.82, 2.24) is 15.1 Å². The van der Waals surface area contributed by atoms with Crippen LogP contribution in [0.25, 0.3) is 0 Å². The SMILES string of the molecule is CN(C)C(=O)C1CCCN1C(=O)CCC1CCCN1. The molecule has 2 fully saturated rings. The van der Waals surface area contributed by atoms with Crippen LogP contribution in [0.2, 0.25) is 0 Å². The summed E-state index contributed by atoms with van der Waals surface area (Å²) in [5.74, 6) is 0.205. The van der Waals surface area contributed by atoms with Crippen molar-refractivity contribution in [2.45, 2.75) is 50.6 Å². The number of rotatable bonds is 4. The van der Waals surface area contributed by atoms with E-state index < -0.39 is 0 Å². The van der Waals surface area contributed by atoms with E-state index >= 15 is 0 Å². The van der Waals surface area contributed by atoms with Gasteiger partial charge in [0.1, 0.15) is 6.04 Å². The Morgan fingerprint density at radius 2 is 2.05 bits per heavy atom. The summed E-state index contributed by atoms with van der Waals surface area (Å²) < 4.78 is 0. The lowest BCUT2D eigenvalue weighted by molar-refractivity contribution is -0.142. The van der Waals surface area contributed by atoms with Crippen molar-refractivity contribution in [3.05, 3.63) is 0 Å². The van der Waals surface area contributed by atoms with Gasteiger partial charge >= 0.3 is 0 Å². The first-order valence-corrected chi connectivity index (χ1v) is 7.33. The Hall–Kier alpha value is -1.10. The van der Waals surface area contributed by atoms with Gasteiger partial charge in [0.2, 0.25) is 11.8 Å². The number of carbonyl (C=O) groups excluding carboxylic acids is 2. The van der Waals surface area contributed by atoms with Crippen LogP contribution >= 0.6 is 0 Å². The van der Waals surface area contributed by atoms with Crippen LogP contribution in [-0.4, -0.2) is 60.9 Å². The van der Waals surface area contributed by atoms with E-state index in [2.05, 4.69) is 5.32 Å². The van der Waals surface area contributed by atoms with Gasteiger partial charge in [0.25, 0.3) is 0 Å². The van der Waals surface area contributed by atoms with Gasteiger partial charge in [0.05, 0.1) is 0 Å². The minimum Gasteiger partial charge on any atom is -0.347 e. The topological polar surface area (TPSA) is 52.7 Å². The summed E-state index contributed by atoms with van der Waals surface area (Å²) in [7, 11) is 3.51. The molecule has 0 saturated carbocycles. The van der Waals surface area contributed by atoms with Crippen LogP contribution in [0.1, 0.15) is 38.5 Å². The normalized spacial score (nSPS) is 26.7. The highest BCUT2D eigenvalue weighted by molar-refractivity contribution is 5.88. The van der Waals surface area contributed by atoms with Crippen LogP contribution < -0.4 is 5.32 Å². The minimum atomic E-state index is -0.223. The molecule has 2 aliphatic heterocycles. The molecule has 2 heterocycles. The molecule has 0 aliphatic carbocycles.